The first-order chi connectivity index (χ1) is 12.1. The minimum atomic E-state index is -0.563. The molecule has 0 radical (unpaired) electrons. The predicted octanol–water partition coefficient (Wildman–Crippen LogP) is 2.84. The van der Waals surface area contributed by atoms with Crippen molar-refractivity contribution in [3.05, 3.63) is 48.5 Å². The summed E-state index contributed by atoms with van der Waals surface area (Å²) in [5, 5.41) is 2.82. The van der Waals surface area contributed by atoms with Gasteiger partial charge in [0.1, 0.15) is 11.5 Å². The molecule has 6 nitrogen and oxygen atoms in total. The fourth-order valence-electron chi connectivity index (χ4n) is 2.76. The number of benzene rings is 2. The minimum Gasteiger partial charge on any atom is -0.495 e. The van der Waals surface area contributed by atoms with Gasteiger partial charge in [-0.3, -0.25) is 9.59 Å². The number of fused-ring (bicyclic) bond motifs is 1. The Bertz CT molecular complexity index is 790. The summed E-state index contributed by atoms with van der Waals surface area (Å²) in [6.45, 7) is 1.99. The van der Waals surface area contributed by atoms with Gasteiger partial charge in [-0.15, -0.1) is 0 Å². The largest absolute Gasteiger partial charge is 0.495 e. The van der Waals surface area contributed by atoms with Crippen LogP contribution in [0.3, 0.4) is 0 Å². The monoisotopic (exact) mass is 340 g/mol. The van der Waals surface area contributed by atoms with Crippen LogP contribution >= 0.6 is 0 Å². The molecule has 1 N–H and O–H groups in total. The summed E-state index contributed by atoms with van der Waals surface area (Å²) < 4.78 is 10.8. The van der Waals surface area contributed by atoms with Gasteiger partial charge in [0.15, 0.2) is 6.10 Å². The lowest BCUT2D eigenvalue weighted by molar-refractivity contribution is -0.125. The van der Waals surface area contributed by atoms with Crippen LogP contribution in [0.5, 0.6) is 11.5 Å². The van der Waals surface area contributed by atoms with Crippen molar-refractivity contribution < 1.29 is 19.1 Å². The summed E-state index contributed by atoms with van der Waals surface area (Å²) in [7, 11) is 1.55. The Morgan fingerprint density at radius 1 is 1.20 bits per heavy atom. The van der Waals surface area contributed by atoms with E-state index in [9.17, 15) is 9.59 Å². The first kappa shape index (κ1) is 16.8. The molecule has 1 atom stereocenters. The number of hydrogen-bond donors (Lipinski definition) is 1. The molecule has 0 aliphatic carbocycles. The maximum Gasteiger partial charge on any atom is 0.267 e. The number of carbonyl (C=O) groups is 2. The zero-order chi connectivity index (χ0) is 17.8. The molecule has 2 aromatic rings. The van der Waals surface area contributed by atoms with Gasteiger partial charge in [-0.05, 0) is 31.2 Å². The highest BCUT2D eigenvalue weighted by molar-refractivity contribution is 6.01. The molecule has 25 heavy (non-hydrogen) atoms. The summed E-state index contributed by atoms with van der Waals surface area (Å²) in [6, 6.07) is 14.5. The molecule has 2 aromatic carbocycles. The SMILES string of the molecule is COc1ccccc1NC(=O)CCN1C(=O)[C@@H](C)Oc2ccccc21. The lowest BCUT2D eigenvalue weighted by Gasteiger charge is -2.32. The predicted molar refractivity (Wildman–Crippen MR) is 95.1 cm³/mol. The van der Waals surface area contributed by atoms with Crippen LogP contribution in [0.1, 0.15) is 13.3 Å². The summed E-state index contributed by atoms with van der Waals surface area (Å²) in [4.78, 5) is 26.3. The highest BCUT2D eigenvalue weighted by Crippen LogP contribution is 2.33. The molecule has 0 bridgehead atoms. The molecule has 1 aliphatic rings. The van der Waals surface area contributed by atoms with Crippen LogP contribution in [-0.2, 0) is 9.59 Å². The van der Waals surface area contributed by atoms with Crippen molar-refractivity contribution in [1.29, 1.82) is 0 Å². The van der Waals surface area contributed by atoms with Crippen LogP contribution in [0.15, 0.2) is 48.5 Å². The molecule has 0 saturated heterocycles. The zero-order valence-corrected chi connectivity index (χ0v) is 14.2. The fraction of sp³-hybridized carbons (Fsp3) is 0.263. The summed E-state index contributed by atoms with van der Waals surface area (Å²) >= 11 is 0. The average Bonchev–Trinajstić information content (AvgIpc) is 2.62. The maximum atomic E-state index is 12.4. The second-order valence-electron chi connectivity index (χ2n) is 5.72. The van der Waals surface area contributed by atoms with E-state index in [2.05, 4.69) is 5.32 Å². The van der Waals surface area contributed by atoms with Crippen molar-refractivity contribution in [3.8, 4) is 11.5 Å². The van der Waals surface area contributed by atoms with E-state index in [0.717, 1.165) is 0 Å². The molecule has 0 saturated carbocycles. The quantitative estimate of drug-likeness (QED) is 0.909. The van der Waals surface area contributed by atoms with Crippen LogP contribution in [-0.4, -0.2) is 31.6 Å². The first-order valence-electron chi connectivity index (χ1n) is 8.10. The van der Waals surface area contributed by atoms with Gasteiger partial charge >= 0.3 is 0 Å². The number of nitrogens with zero attached hydrogens (tertiary/aromatic N) is 1. The van der Waals surface area contributed by atoms with Gasteiger partial charge in [-0.2, -0.15) is 0 Å². The molecule has 1 heterocycles. The van der Waals surface area contributed by atoms with Gasteiger partial charge in [0.25, 0.3) is 5.91 Å². The van der Waals surface area contributed by atoms with E-state index in [1.165, 1.54) is 0 Å². The second-order valence-corrected chi connectivity index (χ2v) is 5.72. The highest BCUT2D eigenvalue weighted by Gasteiger charge is 2.31. The topological polar surface area (TPSA) is 67.9 Å². The van der Waals surface area contributed by atoms with Crippen LogP contribution in [0.2, 0.25) is 0 Å². The summed E-state index contributed by atoms with van der Waals surface area (Å²) in [6.07, 6.45) is -0.391. The van der Waals surface area contributed by atoms with E-state index in [1.54, 1.807) is 31.1 Å². The third-order valence-electron chi connectivity index (χ3n) is 4.02. The second kappa shape index (κ2) is 7.25. The van der Waals surface area contributed by atoms with E-state index in [1.807, 2.05) is 36.4 Å². The smallest absolute Gasteiger partial charge is 0.267 e. The number of rotatable bonds is 5. The van der Waals surface area contributed by atoms with E-state index in [0.29, 0.717) is 22.9 Å². The van der Waals surface area contributed by atoms with E-state index < -0.39 is 6.10 Å². The van der Waals surface area contributed by atoms with Crippen molar-refractivity contribution in [2.24, 2.45) is 0 Å². The lowest BCUT2D eigenvalue weighted by atomic mass is 10.1. The molecule has 6 heteroatoms. The van der Waals surface area contributed by atoms with Crippen molar-refractivity contribution in [3.63, 3.8) is 0 Å². The van der Waals surface area contributed by atoms with Crippen LogP contribution in [0.25, 0.3) is 0 Å². The van der Waals surface area contributed by atoms with E-state index in [-0.39, 0.29) is 24.8 Å². The Hall–Kier alpha value is -3.02. The van der Waals surface area contributed by atoms with Gasteiger partial charge in [-0.25, -0.2) is 0 Å². The third-order valence-corrected chi connectivity index (χ3v) is 4.02. The molecule has 0 unspecified atom stereocenters. The van der Waals surface area contributed by atoms with E-state index in [4.69, 9.17) is 9.47 Å². The molecule has 2 amide bonds. The number of hydrogen-bond acceptors (Lipinski definition) is 4. The Balaban J connectivity index is 1.68. The van der Waals surface area contributed by atoms with Crippen molar-refractivity contribution in [1.82, 2.24) is 0 Å². The Morgan fingerprint density at radius 3 is 2.72 bits per heavy atom. The standard InChI is InChI=1S/C19H20N2O4/c1-13-19(23)21(15-8-4-6-10-17(15)25-13)12-11-18(22)20-14-7-3-5-9-16(14)24-2/h3-10,13H,11-12H2,1-2H3,(H,20,22)/t13-/m1/s1. The molecule has 0 fully saturated rings. The van der Waals surface area contributed by atoms with Gasteiger partial charge in [0, 0.05) is 13.0 Å². The summed E-state index contributed by atoms with van der Waals surface area (Å²) in [5.74, 6) is 0.912. The molecule has 130 valence electrons. The molecular weight excluding hydrogens is 320 g/mol. The third kappa shape index (κ3) is 3.57. The molecule has 3 rings (SSSR count). The number of methoxy groups -OCH3 is 1. The normalized spacial score (nSPS) is 16.0. The number of anilines is 2. The Labute approximate surface area is 146 Å². The Morgan fingerprint density at radius 2 is 1.92 bits per heavy atom. The number of ether oxygens (including phenoxy) is 2. The van der Waals surface area contributed by atoms with E-state index >= 15 is 0 Å². The fourth-order valence-corrected chi connectivity index (χ4v) is 2.76. The summed E-state index contributed by atoms with van der Waals surface area (Å²) in [5.41, 5.74) is 1.30. The van der Waals surface area contributed by atoms with Crippen molar-refractivity contribution in [2.75, 3.05) is 23.9 Å². The molecule has 0 spiro atoms. The van der Waals surface area contributed by atoms with Crippen molar-refractivity contribution >= 4 is 23.2 Å². The minimum absolute atomic E-state index is 0.149. The first-order valence-corrected chi connectivity index (χ1v) is 8.10. The molecular formula is C19H20N2O4. The van der Waals surface area contributed by atoms with Crippen LogP contribution < -0.4 is 19.7 Å². The van der Waals surface area contributed by atoms with Crippen molar-refractivity contribution in [2.45, 2.75) is 19.4 Å². The number of carbonyl (C=O) groups excluding carboxylic acids is 2. The van der Waals surface area contributed by atoms with Crippen LogP contribution in [0, 0.1) is 0 Å². The van der Waals surface area contributed by atoms with Gasteiger partial charge in [0.2, 0.25) is 5.91 Å². The molecule has 1 aliphatic heterocycles. The Kier molecular flexibility index (Phi) is 4.88. The van der Waals surface area contributed by atoms with Gasteiger partial charge < -0.3 is 19.7 Å². The highest BCUT2D eigenvalue weighted by atomic mass is 16.5. The van der Waals surface area contributed by atoms with Gasteiger partial charge in [-0.1, -0.05) is 24.3 Å². The van der Waals surface area contributed by atoms with Crippen LogP contribution in [0.4, 0.5) is 11.4 Å². The zero-order valence-electron chi connectivity index (χ0n) is 14.2. The van der Waals surface area contributed by atoms with Gasteiger partial charge in [0.05, 0.1) is 18.5 Å². The number of para-hydroxylation sites is 4. The maximum absolute atomic E-state index is 12.4. The average molecular weight is 340 g/mol. The number of amides is 2. The molecule has 0 aromatic heterocycles. The number of nitrogens with one attached hydrogen (secondary N) is 1. The lowest BCUT2D eigenvalue weighted by Crippen LogP contribution is -2.45.